The Morgan fingerprint density at radius 3 is 2.50 bits per heavy atom. The van der Waals surface area contributed by atoms with E-state index in [1.54, 1.807) is 0 Å². The van der Waals surface area contributed by atoms with Gasteiger partial charge < -0.3 is 5.73 Å². The van der Waals surface area contributed by atoms with Crippen molar-refractivity contribution in [3.63, 3.8) is 0 Å². The second-order valence-corrected chi connectivity index (χ2v) is 4.81. The number of benzene rings is 2. The maximum atomic E-state index is 5.99. The van der Waals surface area contributed by atoms with E-state index < -0.39 is 0 Å². The first kappa shape index (κ1) is 12.5. The summed E-state index contributed by atoms with van der Waals surface area (Å²) in [7, 11) is 0. The second-order valence-electron chi connectivity index (χ2n) is 4.81. The topological polar surface area (TPSA) is 43.8 Å². The Morgan fingerprint density at radius 1 is 0.950 bits per heavy atom. The number of rotatable bonds is 4. The Hall–Kier alpha value is -2.55. The van der Waals surface area contributed by atoms with Gasteiger partial charge in [0.15, 0.2) is 0 Å². The van der Waals surface area contributed by atoms with Gasteiger partial charge in [-0.3, -0.25) is 4.68 Å². The smallest absolute Gasteiger partial charge is 0.0569 e. The van der Waals surface area contributed by atoms with E-state index in [1.165, 1.54) is 5.56 Å². The first-order valence-corrected chi connectivity index (χ1v) is 6.74. The third-order valence-electron chi connectivity index (χ3n) is 3.38. The maximum absolute atomic E-state index is 5.99. The molecule has 0 bridgehead atoms. The molecule has 0 spiro atoms. The van der Waals surface area contributed by atoms with Crippen molar-refractivity contribution in [1.29, 1.82) is 0 Å². The van der Waals surface area contributed by atoms with Crippen molar-refractivity contribution >= 4 is 5.69 Å². The minimum absolute atomic E-state index is 0.787. The first-order chi connectivity index (χ1) is 9.83. The van der Waals surface area contributed by atoms with Crippen LogP contribution >= 0.6 is 0 Å². The summed E-state index contributed by atoms with van der Waals surface area (Å²) in [4.78, 5) is 0. The van der Waals surface area contributed by atoms with E-state index in [4.69, 9.17) is 5.73 Å². The molecule has 0 amide bonds. The molecule has 0 saturated carbocycles. The summed E-state index contributed by atoms with van der Waals surface area (Å²) in [6.07, 6.45) is 4.90. The van der Waals surface area contributed by atoms with Crippen LogP contribution < -0.4 is 5.73 Å². The van der Waals surface area contributed by atoms with Gasteiger partial charge in [0.25, 0.3) is 0 Å². The largest absolute Gasteiger partial charge is 0.398 e. The van der Waals surface area contributed by atoms with Crippen molar-refractivity contribution in [2.24, 2.45) is 0 Å². The van der Waals surface area contributed by atoms with Crippen LogP contribution in [0.25, 0.3) is 11.1 Å². The summed E-state index contributed by atoms with van der Waals surface area (Å²) in [5, 5.41) is 4.41. The Balaban J connectivity index is 1.73. The molecule has 0 unspecified atom stereocenters. The monoisotopic (exact) mass is 263 g/mol. The highest BCUT2D eigenvalue weighted by Crippen LogP contribution is 2.24. The molecule has 0 fully saturated rings. The summed E-state index contributed by atoms with van der Waals surface area (Å²) in [5.74, 6) is 0. The van der Waals surface area contributed by atoms with E-state index in [9.17, 15) is 0 Å². The lowest BCUT2D eigenvalue weighted by Gasteiger charge is -2.03. The van der Waals surface area contributed by atoms with Crippen LogP contribution in [0.1, 0.15) is 5.56 Å². The van der Waals surface area contributed by atoms with E-state index in [1.807, 2.05) is 41.2 Å². The zero-order chi connectivity index (χ0) is 13.8. The zero-order valence-electron chi connectivity index (χ0n) is 11.2. The molecule has 2 aromatic carbocycles. The summed E-state index contributed by atoms with van der Waals surface area (Å²) in [6, 6.07) is 18.3. The summed E-state index contributed by atoms with van der Waals surface area (Å²) < 4.78 is 1.97. The van der Waals surface area contributed by atoms with Crippen LogP contribution in [0.2, 0.25) is 0 Å². The van der Waals surface area contributed by atoms with Gasteiger partial charge in [-0.05, 0) is 18.1 Å². The summed E-state index contributed by atoms with van der Waals surface area (Å²) in [5.41, 5.74) is 10.2. The highest BCUT2D eigenvalue weighted by molar-refractivity contribution is 5.75. The number of nitrogen functional groups attached to an aromatic ring is 1. The van der Waals surface area contributed by atoms with Crippen LogP contribution in [-0.4, -0.2) is 9.78 Å². The Kier molecular flexibility index (Phi) is 3.50. The van der Waals surface area contributed by atoms with Gasteiger partial charge in [0.1, 0.15) is 0 Å². The third-order valence-corrected chi connectivity index (χ3v) is 3.38. The average Bonchev–Trinajstić information content (AvgIpc) is 2.95. The number of aromatic nitrogens is 2. The van der Waals surface area contributed by atoms with Crippen molar-refractivity contribution in [3.05, 3.63) is 72.6 Å². The number of aryl methyl sites for hydroxylation is 2. The van der Waals surface area contributed by atoms with Gasteiger partial charge in [0.05, 0.1) is 6.20 Å². The van der Waals surface area contributed by atoms with E-state index in [-0.39, 0.29) is 0 Å². The molecular weight excluding hydrogens is 246 g/mol. The van der Waals surface area contributed by atoms with Crippen molar-refractivity contribution in [1.82, 2.24) is 9.78 Å². The van der Waals surface area contributed by atoms with Gasteiger partial charge in [-0.15, -0.1) is 0 Å². The van der Waals surface area contributed by atoms with Gasteiger partial charge in [-0.2, -0.15) is 5.10 Å². The number of hydrogen-bond donors (Lipinski definition) is 1. The van der Waals surface area contributed by atoms with Gasteiger partial charge in [0.2, 0.25) is 0 Å². The molecule has 20 heavy (non-hydrogen) atoms. The average molecular weight is 263 g/mol. The van der Waals surface area contributed by atoms with Gasteiger partial charge in [0, 0.05) is 29.6 Å². The molecule has 0 radical (unpaired) electrons. The van der Waals surface area contributed by atoms with E-state index >= 15 is 0 Å². The van der Waals surface area contributed by atoms with Gasteiger partial charge in [-0.25, -0.2) is 0 Å². The molecule has 3 heteroatoms. The number of nitrogens with two attached hydrogens (primary N) is 1. The lowest BCUT2D eigenvalue weighted by atomic mass is 10.1. The minimum atomic E-state index is 0.787. The highest BCUT2D eigenvalue weighted by atomic mass is 15.3. The standard InChI is InChI=1S/C17H17N3/c18-17-9-5-4-8-16(17)15-12-19-20(13-15)11-10-14-6-2-1-3-7-14/h1-9,12-13H,10-11,18H2. The third kappa shape index (κ3) is 2.72. The number of hydrogen-bond acceptors (Lipinski definition) is 2. The van der Waals surface area contributed by atoms with Crippen LogP contribution in [0.5, 0.6) is 0 Å². The Bertz CT molecular complexity index is 686. The van der Waals surface area contributed by atoms with Crippen LogP contribution in [0, 0.1) is 0 Å². The molecule has 0 saturated heterocycles. The quantitative estimate of drug-likeness (QED) is 0.733. The van der Waals surface area contributed by atoms with Crippen LogP contribution in [0.4, 0.5) is 5.69 Å². The molecule has 3 nitrogen and oxygen atoms in total. The van der Waals surface area contributed by atoms with E-state index in [2.05, 4.69) is 35.6 Å². The van der Waals surface area contributed by atoms with Crippen LogP contribution in [0.15, 0.2) is 67.0 Å². The Labute approximate surface area is 118 Å². The maximum Gasteiger partial charge on any atom is 0.0569 e. The number of nitrogens with zero attached hydrogens (tertiary/aromatic N) is 2. The molecule has 0 aliphatic carbocycles. The van der Waals surface area contributed by atoms with Crippen molar-refractivity contribution in [2.45, 2.75) is 13.0 Å². The molecule has 0 aliphatic heterocycles. The van der Waals surface area contributed by atoms with Crippen molar-refractivity contribution < 1.29 is 0 Å². The summed E-state index contributed by atoms with van der Waals surface area (Å²) in [6.45, 7) is 0.872. The molecule has 1 heterocycles. The Morgan fingerprint density at radius 2 is 1.70 bits per heavy atom. The molecule has 0 aliphatic rings. The van der Waals surface area contributed by atoms with Gasteiger partial charge >= 0.3 is 0 Å². The van der Waals surface area contributed by atoms with Crippen molar-refractivity contribution in [2.75, 3.05) is 5.73 Å². The lowest BCUT2D eigenvalue weighted by molar-refractivity contribution is 0.615. The fourth-order valence-corrected chi connectivity index (χ4v) is 2.27. The molecular formula is C17H17N3. The fourth-order valence-electron chi connectivity index (χ4n) is 2.27. The molecule has 3 rings (SSSR count). The molecule has 2 N–H and O–H groups in total. The van der Waals surface area contributed by atoms with Crippen molar-refractivity contribution in [3.8, 4) is 11.1 Å². The molecule has 1 aromatic heterocycles. The van der Waals surface area contributed by atoms with E-state index in [0.29, 0.717) is 0 Å². The van der Waals surface area contributed by atoms with Crippen LogP contribution in [-0.2, 0) is 13.0 Å². The van der Waals surface area contributed by atoms with Gasteiger partial charge in [-0.1, -0.05) is 48.5 Å². The zero-order valence-corrected chi connectivity index (χ0v) is 11.2. The number of para-hydroxylation sites is 1. The minimum Gasteiger partial charge on any atom is -0.398 e. The van der Waals surface area contributed by atoms with Crippen LogP contribution in [0.3, 0.4) is 0 Å². The predicted molar refractivity (Wildman–Crippen MR) is 82.2 cm³/mol. The molecule has 0 atom stereocenters. The summed E-state index contributed by atoms with van der Waals surface area (Å²) >= 11 is 0. The lowest BCUT2D eigenvalue weighted by Crippen LogP contribution is -2.01. The molecule has 3 aromatic rings. The predicted octanol–water partition coefficient (Wildman–Crippen LogP) is 3.38. The SMILES string of the molecule is Nc1ccccc1-c1cnn(CCc2ccccc2)c1. The fraction of sp³-hybridized carbons (Fsp3) is 0.118. The highest BCUT2D eigenvalue weighted by Gasteiger charge is 2.04. The van der Waals surface area contributed by atoms with E-state index in [0.717, 1.165) is 29.8 Å². The first-order valence-electron chi connectivity index (χ1n) is 6.74. The number of anilines is 1. The molecule has 100 valence electrons. The normalized spacial score (nSPS) is 10.6. The second kappa shape index (κ2) is 5.61.